The Hall–Kier alpha value is -1.58. The molecule has 4 heteroatoms. The van der Waals surface area contributed by atoms with E-state index in [4.69, 9.17) is 0 Å². The van der Waals surface area contributed by atoms with Crippen LogP contribution in [0.15, 0.2) is 17.1 Å². The molecule has 0 saturated carbocycles. The first-order valence-corrected chi connectivity index (χ1v) is 5.17. The standard InChI is InChI=1S/C11H14N2O2/c1-8-6-10(14)9(7-12-8)11(15)13-4-2-3-5-13/h6-7H,2-5H2,1H3,(H,12,14). The molecule has 1 N–H and O–H groups in total. The molecule has 0 unspecified atom stereocenters. The number of likely N-dealkylation sites (tertiary alicyclic amines) is 1. The molecule has 0 radical (unpaired) electrons. The van der Waals surface area contributed by atoms with Gasteiger partial charge in [-0.05, 0) is 19.8 Å². The van der Waals surface area contributed by atoms with Crippen molar-refractivity contribution < 1.29 is 4.79 Å². The lowest BCUT2D eigenvalue weighted by molar-refractivity contribution is 0.0791. The molecule has 80 valence electrons. The van der Waals surface area contributed by atoms with Crippen LogP contribution in [0.25, 0.3) is 0 Å². The number of nitrogens with zero attached hydrogens (tertiary/aromatic N) is 1. The predicted molar refractivity (Wildman–Crippen MR) is 56.9 cm³/mol. The summed E-state index contributed by atoms with van der Waals surface area (Å²) in [4.78, 5) is 28.1. The van der Waals surface area contributed by atoms with Crippen LogP contribution < -0.4 is 5.43 Å². The number of carbonyl (C=O) groups is 1. The molecule has 1 fully saturated rings. The number of carbonyl (C=O) groups excluding carboxylic acids is 1. The maximum Gasteiger partial charge on any atom is 0.259 e. The van der Waals surface area contributed by atoms with Gasteiger partial charge in [-0.15, -0.1) is 0 Å². The van der Waals surface area contributed by atoms with Gasteiger partial charge in [-0.25, -0.2) is 0 Å². The quantitative estimate of drug-likeness (QED) is 0.742. The van der Waals surface area contributed by atoms with Crippen molar-refractivity contribution in [2.24, 2.45) is 0 Å². The van der Waals surface area contributed by atoms with Crippen LogP contribution in [0.1, 0.15) is 28.9 Å². The normalized spacial score (nSPS) is 15.7. The van der Waals surface area contributed by atoms with Crippen molar-refractivity contribution >= 4 is 5.91 Å². The Bertz CT molecular complexity index is 430. The second kappa shape index (κ2) is 3.88. The number of rotatable bonds is 1. The minimum Gasteiger partial charge on any atom is -0.364 e. The van der Waals surface area contributed by atoms with E-state index in [0.29, 0.717) is 0 Å². The van der Waals surface area contributed by atoms with Crippen molar-refractivity contribution in [3.05, 3.63) is 33.7 Å². The SMILES string of the molecule is Cc1cc(=O)c(C(=O)N2CCCC2)c[nH]1. The Kier molecular flexibility index (Phi) is 2.58. The highest BCUT2D eigenvalue weighted by Crippen LogP contribution is 2.10. The van der Waals surface area contributed by atoms with Gasteiger partial charge in [0.25, 0.3) is 5.91 Å². The molecule has 0 aliphatic carbocycles. The Labute approximate surface area is 87.9 Å². The van der Waals surface area contributed by atoms with E-state index >= 15 is 0 Å². The molecule has 2 rings (SSSR count). The minimum atomic E-state index is -0.192. The number of aryl methyl sites for hydroxylation is 1. The van der Waals surface area contributed by atoms with E-state index in [1.807, 2.05) is 0 Å². The molecule has 1 aliphatic heterocycles. The molecule has 1 amide bonds. The Morgan fingerprint density at radius 1 is 1.40 bits per heavy atom. The van der Waals surface area contributed by atoms with Crippen molar-refractivity contribution in [3.8, 4) is 0 Å². The number of aromatic nitrogens is 1. The number of pyridine rings is 1. The van der Waals surface area contributed by atoms with Crippen molar-refractivity contribution in [2.75, 3.05) is 13.1 Å². The third kappa shape index (κ3) is 1.93. The van der Waals surface area contributed by atoms with Gasteiger partial charge in [0.1, 0.15) is 5.56 Å². The lowest BCUT2D eigenvalue weighted by Crippen LogP contribution is -2.31. The summed E-state index contributed by atoms with van der Waals surface area (Å²) in [6.07, 6.45) is 3.59. The maximum atomic E-state index is 11.9. The van der Waals surface area contributed by atoms with Gasteiger partial charge in [0.2, 0.25) is 0 Å². The van der Waals surface area contributed by atoms with Gasteiger partial charge in [0, 0.05) is 31.0 Å². The fourth-order valence-electron chi connectivity index (χ4n) is 1.83. The predicted octanol–water partition coefficient (Wildman–Crippen LogP) is 0.919. The monoisotopic (exact) mass is 206 g/mol. The van der Waals surface area contributed by atoms with Gasteiger partial charge < -0.3 is 9.88 Å². The van der Waals surface area contributed by atoms with Crippen LogP contribution >= 0.6 is 0 Å². The van der Waals surface area contributed by atoms with Gasteiger partial charge in [-0.3, -0.25) is 9.59 Å². The zero-order chi connectivity index (χ0) is 10.8. The lowest BCUT2D eigenvalue weighted by atomic mass is 10.2. The van der Waals surface area contributed by atoms with Crippen LogP contribution in [-0.2, 0) is 0 Å². The summed E-state index contributed by atoms with van der Waals surface area (Å²) in [6.45, 7) is 3.34. The average Bonchev–Trinajstić information content (AvgIpc) is 2.69. The highest BCUT2D eigenvalue weighted by molar-refractivity contribution is 5.93. The van der Waals surface area contributed by atoms with Crippen LogP contribution in [0, 0.1) is 6.92 Å². The van der Waals surface area contributed by atoms with Crippen molar-refractivity contribution in [2.45, 2.75) is 19.8 Å². The topological polar surface area (TPSA) is 53.2 Å². The second-order valence-corrected chi connectivity index (χ2v) is 3.89. The van der Waals surface area contributed by atoms with E-state index in [2.05, 4.69) is 4.98 Å². The molecular formula is C11H14N2O2. The van der Waals surface area contributed by atoms with E-state index in [0.717, 1.165) is 31.6 Å². The molecule has 0 atom stereocenters. The van der Waals surface area contributed by atoms with Crippen molar-refractivity contribution in [1.29, 1.82) is 0 Å². The van der Waals surface area contributed by atoms with E-state index in [9.17, 15) is 9.59 Å². The van der Waals surface area contributed by atoms with Gasteiger partial charge in [0.05, 0.1) is 0 Å². The molecule has 0 spiro atoms. The zero-order valence-corrected chi connectivity index (χ0v) is 8.75. The summed E-state index contributed by atoms with van der Waals surface area (Å²) in [5.41, 5.74) is 0.837. The first-order valence-electron chi connectivity index (χ1n) is 5.17. The van der Waals surface area contributed by atoms with Crippen LogP contribution in [-0.4, -0.2) is 28.9 Å². The Morgan fingerprint density at radius 2 is 2.07 bits per heavy atom. The summed E-state index contributed by atoms with van der Waals surface area (Å²) in [5, 5.41) is 0. The first-order chi connectivity index (χ1) is 7.18. The summed E-state index contributed by atoms with van der Waals surface area (Å²) in [5.74, 6) is -0.145. The molecule has 1 aliphatic rings. The molecule has 15 heavy (non-hydrogen) atoms. The van der Waals surface area contributed by atoms with Crippen molar-refractivity contribution in [1.82, 2.24) is 9.88 Å². The highest BCUT2D eigenvalue weighted by Gasteiger charge is 2.21. The van der Waals surface area contributed by atoms with Gasteiger partial charge in [-0.2, -0.15) is 0 Å². The third-order valence-corrected chi connectivity index (χ3v) is 2.68. The fourth-order valence-corrected chi connectivity index (χ4v) is 1.83. The largest absolute Gasteiger partial charge is 0.364 e. The molecule has 2 heterocycles. The summed E-state index contributed by atoms with van der Waals surface area (Å²) >= 11 is 0. The molecule has 1 aromatic heterocycles. The minimum absolute atomic E-state index is 0.145. The second-order valence-electron chi connectivity index (χ2n) is 3.89. The van der Waals surface area contributed by atoms with E-state index in [1.165, 1.54) is 12.3 Å². The highest BCUT2D eigenvalue weighted by atomic mass is 16.2. The molecule has 1 saturated heterocycles. The molecule has 1 aromatic rings. The molecule has 0 aromatic carbocycles. The van der Waals surface area contributed by atoms with Crippen LogP contribution in [0.4, 0.5) is 0 Å². The first kappa shape index (κ1) is 9.96. The van der Waals surface area contributed by atoms with Gasteiger partial charge in [-0.1, -0.05) is 0 Å². The van der Waals surface area contributed by atoms with Gasteiger partial charge in [0.15, 0.2) is 5.43 Å². The number of hydrogen-bond acceptors (Lipinski definition) is 2. The fraction of sp³-hybridized carbons (Fsp3) is 0.455. The average molecular weight is 206 g/mol. The Morgan fingerprint density at radius 3 is 2.67 bits per heavy atom. The summed E-state index contributed by atoms with van der Waals surface area (Å²) in [6, 6.07) is 1.46. The Balaban J connectivity index is 2.29. The van der Waals surface area contributed by atoms with E-state index in [1.54, 1.807) is 11.8 Å². The number of hydrogen-bond donors (Lipinski definition) is 1. The number of aromatic amines is 1. The number of H-pyrrole nitrogens is 1. The van der Waals surface area contributed by atoms with Crippen molar-refractivity contribution in [3.63, 3.8) is 0 Å². The zero-order valence-electron chi connectivity index (χ0n) is 8.75. The van der Waals surface area contributed by atoms with E-state index < -0.39 is 0 Å². The van der Waals surface area contributed by atoms with Crippen LogP contribution in [0.5, 0.6) is 0 Å². The van der Waals surface area contributed by atoms with Gasteiger partial charge >= 0.3 is 0 Å². The summed E-state index contributed by atoms with van der Waals surface area (Å²) in [7, 11) is 0. The molecular weight excluding hydrogens is 192 g/mol. The summed E-state index contributed by atoms with van der Waals surface area (Å²) < 4.78 is 0. The number of nitrogens with one attached hydrogen (secondary N) is 1. The molecule has 0 bridgehead atoms. The third-order valence-electron chi connectivity index (χ3n) is 2.68. The molecule has 4 nitrogen and oxygen atoms in total. The van der Waals surface area contributed by atoms with E-state index in [-0.39, 0.29) is 16.9 Å². The lowest BCUT2D eigenvalue weighted by Gasteiger charge is -2.14. The van der Waals surface area contributed by atoms with Crippen LogP contribution in [0.2, 0.25) is 0 Å². The number of amides is 1. The van der Waals surface area contributed by atoms with Crippen LogP contribution in [0.3, 0.4) is 0 Å². The maximum absolute atomic E-state index is 11.9. The smallest absolute Gasteiger partial charge is 0.259 e.